The maximum Gasteiger partial charge on any atom is 0.351 e. The van der Waals surface area contributed by atoms with Crippen LogP contribution in [0, 0.1) is 6.92 Å². The number of hydrogen-bond acceptors (Lipinski definition) is 8. The number of rotatable bonds is 9. The van der Waals surface area contributed by atoms with E-state index in [-0.39, 0.29) is 24.4 Å². The van der Waals surface area contributed by atoms with Crippen LogP contribution in [0.4, 0.5) is 0 Å². The third kappa shape index (κ3) is 5.55. The molecular formula is C40H36N4O7. The van der Waals surface area contributed by atoms with Gasteiger partial charge >= 0.3 is 11.4 Å². The summed E-state index contributed by atoms with van der Waals surface area (Å²) in [7, 11) is 3.24. The Kier molecular flexibility index (Phi) is 8.18. The topological polar surface area (TPSA) is 129 Å². The van der Waals surface area contributed by atoms with Crippen LogP contribution in [0.3, 0.4) is 0 Å². The molecule has 0 aliphatic carbocycles. The van der Waals surface area contributed by atoms with Crippen LogP contribution in [0.5, 0.6) is 11.5 Å². The van der Waals surface area contributed by atoms with E-state index >= 15 is 0 Å². The molecule has 1 aliphatic rings. The van der Waals surface area contributed by atoms with Crippen molar-refractivity contribution in [2.75, 3.05) is 20.8 Å². The van der Waals surface area contributed by atoms with Crippen molar-refractivity contribution < 1.29 is 24.1 Å². The monoisotopic (exact) mass is 684 g/mol. The van der Waals surface area contributed by atoms with E-state index in [4.69, 9.17) is 18.9 Å². The quantitative estimate of drug-likeness (QED) is 0.192. The van der Waals surface area contributed by atoms with Crippen LogP contribution in [0.1, 0.15) is 34.9 Å². The standard InChI is InChI=1S/C40H36N4O7/c1-24-9-18-32-25(19-24)20-33-31-22-43(38(46)41-37(31)42-39(47)44(32)33)36-21-34(45)35(51-36)23-50-40(26-7-5-4-6-8-26,27-10-14-29(48-2)15-11-27)28-12-16-30(49-3)17-13-28/h4-20,22,34-36,45H,21,23H2,1-3H3,(H,41,42,46,47)/t34-,35+,36+/m0/s1. The van der Waals surface area contributed by atoms with E-state index in [0.29, 0.717) is 22.4 Å². The Morgan fingerprint density at radius 1 is 0.863 bits per heavy atom. The molecule has 0 saturated carbocycles. The number of aromatic nitrogens is 4. The largest absolute Gasteiger partial charge is 0.497 e. The predicted molar refractivity (Wildman–Crippen MR) is 193 cm³/mol. The number of aryl methyl sites for hydroxylation is 1. The minimum atomic E-state index is -1.12. The first-order valence-electron chi connectivity index (χ1n) is 16.7. The number of nitrogens with zero attached hydrogens (tertiary/aromatic N) is 3. The maximum absolute atomic E-state index is 13.4. The van der Waals surface area contributed by atoms with E-state index in [1.807, 2.05) is 110 Å². The summed E-state index contributed by atoms with van der Waals surface area (Å²) in [6.07, 6.45) is -0.791. The molecular weight excluding hydrogens is 648 g/mol. The highest BCUT2D eigenvalue weighted by atomic mass is 16.6. The third-order valence-corrected chi connectivity index (χ3v) is 9.77. The van der Waals surface area contributed by atoms with Crippen LogP contribution in [-0.2, 0) is 15.1 Å². The summed E-state index contributed by atoms with van der Waals surface area (Å²) in [6.45, 7) is 1.98. The van der Waals surface area contributed by atoms with Crippen molar-refractivity contribution in [1.29, 1.82) is 0 Å². The van der Waals surface area contributed by atoms with Crippen LogP contribution < -0.4 is 20.9 Å². The van der Waals surface area contributed by atoms with Crippen molar-refractivity contribution in [2.24, 2.45) is 0 Å². The van der Waals surface area contributed by atoms with Gasteiger partial charge in [-0.1, -0.05) is 66.2 Å². The first-order chi connectivity index (χ1) is 24.8. The van der Waals surface area contributed by atoms with E-state index < -0.39 is 29.7 Å². The SMILES string of the molecule is COc1ccc(C(OC[C@H]2O[C@@H](n3cc4c(nc3=O)[nH]c(=O)n3c5ccc(C)cc5cc43)C[C@@H]2O)(c2ccccc2)c2ccc(OC)cc2)cc1. The van der Waals surface area contributed by atoms with Gasteiger partial charge in [-0.3, -0.25) is 14.0 Å². The molecule has 4 heterocycles. The average molecular weight is 685 g/mol. The Hall–Kier alpha value is -5.75. The fourth-order valence-corrected chi connectivity index (χ4v) is 7.18. The van der Waals surface area contributed by atoms with Gasteiger partial charge in [0.15, 0.2) is 5.65 Å². The van der Waals surface area contributed by atoms with Gasteiger partial charge in [-0.05, 0) is 66.1 Å². The van der Waals surface area contributed by atoms with Gasteiger partial charge in [0.2, 0.25) is 0 Å². The summed E-state index contributed by atoms with van der Waals surface area (Å²) in [6, 6.07) is 33.0. The van der Waals surface area contributed by atoms with Gasteiger partial charge in [0.05, 0.1) is 43.4 Å². The Bertz CT molecular complexity index is 2440. The molecule has 1 aliphatic heterocycles. The van der Waals surface area contributed by atoms with Crippen LogP contribution in [0.25, 0.3) is 27.5 Å². The van der Waals surface area contributed by atoms with Gasteiger partial charge in [-0.25, -0.2) is 9.59 Å². The number of aliphatic hydroxyl groups excluding tert-OH is 1. The molecule has 3 aromatic heterocycles. The number of hydrogen-bond donors (Lipinski definition) is 2. The molecule has 11 heteroatoms. The lowest BCUT2D eigenvalue weighted by atomic mass is 9.80. The fraction of sp³-hybridized carbons (Fsp3) is 0.225. The van der Waals surface area contributed by atoms with Crippen LogP contribution >= 0.6 is 0 Å². The lowest BCUT2D eigenvalue weighted by Gasteiger charge is -2.37. The first kappa shape index (κ1) is 32.5. The van der Waals surface area contributed by atoms with Crippen molar-refractivity contribution in [3.8, 4) is 11.5 Å². The molecule has 4 aromatic carbocycles. The number of aromatic amines is 1. The highest BCUT2D eigenvalue weighted by Gasteiger charge is 2.42. The normalized spacial score (nSPS) is 17.8. The lowest BCUT2D eigenvalue weighted by Crippen LogP contribution is -2.38. The Morgan fingerprint density at radius 2 is 1.51 bits per heavy atom. The summed E-state index contributed by atoms with van der Waals surface area (Å²) in [5.74, 6) is 1.40. The second-order valence-corrected chi connectivity index (χ2v) is 12.8. The minimum absolute atomic E-state index is 0.0125. The van der Waals surface area contributed by atoms with Crippen molar-refractivity contribution in [1.82, 2.24) is 18.9 Å². The van der Waals surface area contributed by atoms with Crippen molar-refractivity contribution in [3.63, 3.8) is 0 Å². The van der Waals surface area contributed by atoms with E-state index in [0.717, 1.165) is 33.2 Å². The highest BCUT2D eigenvalue weighted by molar-refractivity contribution is 5.99. The number of fused-ring (bicyclic) bond motifs is 5. The van der Waals surface area contributed by atoms with Crippen molar-refractivity contribution >= 4 is 27.5 Å². The number of nitrogens with one attached hydrogen (secondary N) is 1. The number of methoxy groups -OCH3 is 2. The number of aliphatic hydroxyl groups is 1. The minimum Gasteiger partial charge on any atom is -0.497 e. The van der Waals surface area contributed by atoms with E-state index in [2.05, 4.69) is 9.97 Å². The van der Waals surface area contributed by atoms with Gasteiger partial charge < -0.3 is 24.1 Å². The van der Waals surface area contributed by atoms with Crippen LogP contribution in [0.15, 0.2) is 119 Å². The summed E-state index contributed by atoms with van der Waals surface area (Å²) >= 11 is 0. The van der Waals surface area contributed by atoms with E-state index in [9.17, 15) is 14.7 Å². The molecule has 0 amide bonds. The first-order valence-corrected chi connectivity index (χ1v) is 16.7. The van der Waals surface area contributed by atoms with Gasteiger partial charge in [0, 0.05) is 18.0 Å². The summed E-state index contributed by atoms with van der Waals surface area (Å²) in [5, 5.41) is 12.8. The van der Waals surface area contributed by atoms with Crippen molar-refractivity contribution in [3.05, 3.63) is 153 Å². The Balaban J connectivity index is 1.16. The Morgan fingerprint density at radius 3 is 2.16 bits per heavy atom. The maximum atomic E-state index is 13.4. The van der Waals surface area contributed by atoms with Gasteiger partial charge in [0.1, 0.15) is 29.4 Å². The molecule has 1 saturated heterocycles. The summed E-state index contributed by atoms with van der Waals surface area (Å²) in [5.41, 5.74) is 3.03. The smallest absolute Gasteiger partial charge is 0.351 e. The molecule has 51 heavy (non-hydrogen) atoms. The Labute approximate surface area is 292 Å². The molecule has 0 radical (unpaired) electrons. The third-order valence-electron chi connectivity index (χ3n) is 9.77. The molecule has 0 spiro atoms. The van der Waals surface area contributed by atoms with E-state index in [1.165, 1.54) is 4.57 Å². The molecule has 7 aromatic rings. The molecule has 0 bridgehead atoms. The summed E-state index contributed by atoms with van der Waals surface area (Å²) in [4.78, 5) is 33.5. The zero-order chi connectivity index (χ0) is 35.3. The van der Waals surface area contributed by atoms with Crippen LogP contribution in [-0.4, -0.2) is 57.1 Å². The van der Waals surface area contributed by atoms with Crippen molar-refractivity contribution in [2.45, 2.75) is 37.4 Å². The predicted octanol–water partition coefficient (Wildman–Crippen LogP) is 5.47. The van der Waals surface area contributed by atoms with Gasteiger partial charge in [0.25, 0.3) is 0 Å². The molecule has 11 nitrogen and oxygen atoms in total. The molecule has 3 atom stereocenters. The summed E-state index contributed by atoms with van der Waals surface area (Å²) < 4.78 is 27.3. The average Bonchev–Trinajstić information content (AvgIpc) is 3.72. The fourth-order valence-electron chi connectivity index (χ4n) is 7.18. The van der Waals surface area contributed by atoms with E-state index in [1.54, 1.807) is 24.8 Å². The zero-order valence-electron chi connectivity index (χ0n) is 28.3. The second kappa shape index (κ2) is 12.9. The number of benzene rings is 4. The zero-order valence-corrected chi connectivity index (χ0v) is 28.3. The molecule has 258 valence electrons. The molecule has 8 rings (SSSR count). The highest BCUT2D eigenvalue weighted by Crippen LogP contribution is 2.43. The number of H-pyrrole nitrogens is 1. The number of ether oxygens (including phenoxy) is 4. The molecule has 0 unspecified atom stereocenters. The molecule has 2 N–H and O–H groups in total. The second-order valence-electron chi connectivity index (χ2n) is 12.8. The van der Waals surface area contributed by atoms with Gasteiger partial charge in [-0.2, -0.15) is 4.98 Å². The van der Waals surface area contributed by atoms with Crippen LogP contribution in [0.2, 0.25) is 0 Å². The molecule has 1 fully saturated rings. The van der Waals surface area contributed by atoms with Gasteiger partial charge in [-0.15, -0.1) is 0 Å². The lowest BCUT2D eigenvalue weighted by molar-refractivity contribution is -0.0943.